The van der Waals surface area contributed by atoms with E-state index < -0.39 is 132 Å². The zero-order chi connectivity index (χ0) is 72.0. The minimum absolute atomic E-state index is 0.0169. The number of ether oxygens (including phenoxy) is 8. The van der Waals surface area contributed by atoms with Crippen molar-refractivity contribution in [3.05, 3.63) is 97.4 Å². The molecule has 4 aromatic rings. The number of hydrogen-bond acceptors (Lipinski definition) is 30. The van der Waals surface area contributed by atoms with Crippen molar-refractivity contribution in [1.82, 2.24) is 25.5 Å². The predicted molar refractivity (Wildman–Crippen MR) is 361 cm³/mol. The standard InChI is InChI=1S/C54H70N7O28P3S6/c1-32-9-11-36-43(37-13-14-39(55)47(98(76,77)78)45(37)87-44(36)46(32)97(73,74)75)38-26-33(10-12-35(38)50(63)64)49(62)57-17-22-79-24-25-80-23-18-59-53(67)83-21-15-54(2,3)96-95-30-81-19-5-6-20-82-52(66)58-16-7-8-34-28-61(51(65)60-48(34)56)42-27-40(84-31-94-93-4)41(86-42)29-85-90(68)88-91(69)89-92(70,71)72/h9-14,26,28,40-42,90-91H,1,5-6,15-25,27,29-31,55H2,2-4H3,(H,57,62)(H,58,66)(H,59,67)(H,63,64)(H2,56,60,65)(H2,70,71,72)(H,73,74,75)(H,76,77,78)/t40-,41+,42?/m0/s1. The SMILES string of the molecule is C=c1ccc2c(c1S(=O)(=O)O)Oc1c(ccc(N)c1S(=O)(=O)O)C=2c1cc(C(=O)NCCOCCOCCNC(=O)OCCC(C)(C)SSCOCCCCOC(=O)NCC#Cc2cn(C3C[C@H](OCSSC)[C@@H](CO[PH](=O)O[PH](=O)OP(=O)(O)O)O3)c(=O)nc2N)ccc1C(=O)O. The Morgan fingerprint density at radius 1 is 0.847 bits per heavy atom. The summed E-state index contributed by atoms with van der Waals surface area (Å²) in [6.45, 7) is 8.13. The number of aromatic nitrogens is 2. The molecule has 1 fully saturated rings. The monoisotopic (exact) mass is 1550 g/mol. The number of carboxylic acids is 1. The zero-order valence-electron chi connectivity index (χ0n) is 52.2. The fraction of sp³-hybridized carbons (Fsp3) is 0.444. The molecule has 0 spiro atoms. The van der Waals surface area contributed by atoms with Crippen molar-refractivity contribution in [3.8, 4) is 23.3 Å². The van der Waals surface area contributed by atoms with Crippen LogP contribution in [0.25, 0.3) is 12.2 Å². The van der Waals surface area contributed by atoms with E-state index in [2.05, 4.69) is 48.0 Å². The van der Waals surface area contributed by atoms with Crippen LogP contribution >= 0.6 is 67.5 Å². The molecule has 540 valence electrons. The second-order valence-electron chi connectivity index (χ2n) is 20.8. The third kappa shape index (κ3) is 25.4. The number of alkyl carbamates (subject to hydrolysis) is 2. The number of nitrogens with zero attached hydrogens (tertiary/aromatic N) is 2. The molecule has 3 heterocycles. The van der Waals surface area contributed by atoms with Gasteiger partial charge in [0, 0.05) is 59.0 Å². The molecule has 0 bridgehead atoms. The number of fused-ring (bicyclic) bond motifs is 2. The predicted octanol–water partition coefficient (Wildman–Crippen LogP) is 4.50. The maximum atomic E-state index is 13.4. The fourth-order valence-corrected chi connectivity index (χ4v) is 15.8. The van der Waals surface area contributed by atoms with Crippen LogP contribution in [0.15, 0.2) is 63.2 Å². The number of phosphoric acid groups is 1. The number of nitrogens with two attached hydrogens (primary N) is 2. The number of carbonyl (C=O) groups excluding carboxylic acids is 3. The molecule has 3 unspecified atom stereocenters. The normalized spacial score (nSPS) is 15.9. The van der Waals surface area contributed by atoms with E-state index in [1.807, 2.05) is 20.1 Å². The lowest BCUT2D eigenvalue weighted by Gasteiger charge is -2.25. The average Bonchev–Trinajstić information content (AvgIpc) is 0.790. The molecule has 0 aliphatic carbocycles. The first-order valence-corrected chi connectivity index (χ1v) is 40.6. The van der Waals surface area contributed by atoms with Gasteiger partial charge in [-0.2, -0.15) is 21.8 Å². The summed E-state index contributed by atoms with van der Waals surface area (Å²) in [5.41, 5.74) is 9.67. The van der Waals surface area contributed by atoms with E-state index in [4.69, 9.17) is 63.7 Å². The van der Waals surface area contributed by atoms with Gasteiger partial charge in [-0.3, -0.25) is 27.6 Å². The quantitative estimate of drug-likeness (QED) is 0.00492. The summed E-state index contributed by atoms with van der Waals surface area (Å²) in [4.78, 5) is 83.0. The van der Waals surface area contributed by atoms with Crippen molar-refractivity contribution in [2.24, 2.45) is 0 Å². The third-order valence-electron chi connectivity index (χ3n) is 13.3. The number of unbranched alkanes of at least 4 members (excludes halogenated alkanes) is 1. The number of carboxylic acid groups (broad SMARTS) is 1. The van der Waals surface area contributed by atoms with Crippen molar-refractivity contribution >= 4 is 135 Å². The third-order valence-corrected chi connectivity index (χ3v) is 22.9. The van der Waals surface area contributed by atoms with Crippen molar-refractivity contribution in [1.29, 1.82) is 0 Å². The Bertz CT molecular complexity index is 4120. The largest absolute Gasteiger partial charge is 0.478 e. The van der Waals surface area contributed by atoms with Crippen LogP contribution in [0.2, 0.25) is 0 Å². The van der Waals surface area contributed by atoms with Crippen molar-refractivity contribution in [3.63, 3.8) is 0 Å². The van der Waals surface area contributed by atoms with Gasteiger partial charge in [0.25, 0.3) is 26.1 Å². The van der Waals surface area contributed by atoms with Crippen LogP contribution in [-0.2, 0) is 80.2 Å². The molecule has 1 aromatic heterocycles. The molecule has 6 rings (SSSR count). The Hall–Kier alpha value is -5.77. The van der Waals surface area contributed by atoms with E-state index >= 15 is 0 Å². The molecule has 98 heavy (non-hydrogen) atoms. The van der Waals surface area contributed by atoms with Crippen LogP contribution in [0.4, 0.5) is 21.1 Å². The molecule has 1 saturated heterocycles. The highest BCUT2D eigenvalue weighted by atomic mass is 33.1. The van der Waals surface area contributed by atoms with Crippen LogP contribution in [0.1, 0.15) is 83.2 Å². The summed E-state index contributed by atoms with van der Waals surface area (Å²) < 4.78 is 165. The molecular weight excluding hydrogens is 1480 g/mol. The molecule has 35 nitrogen and oxygen atoms in total. The molecule has 3 amide bonds. The Labute approximate surface area is 577 Å². The number of amides is 3. The molecule has 5 atom stereocenters. The topological polar surface area (TPSA) is 513 Å². The number of anilines is 2. The summed E-state index contributed by atoms with van der Waals surface area (Å²) in [6.07, 6.45) is 0.833. The maximum Gasteiger partial charge on any atom is 0.476 e. The Morgan fingerprint density at radius 2 is 1.53 bits per heavy atom. The first-order chi connectivity index (χ1) is 46.3. The molecule has 2 aliphatic rings. The smallest absolute Gasteiger partial charge is 0.476 e. The number of hydrogen-bond donors (Lipinski definition) is 10. The van der Waals surface area contributed by atoms with Crippen molar-refractivity contribution in [2.75, 3.05) is 102 Å². The van der Waals surface area contributed by atoms with Crippen molar-refractivity contribution in [2.45, 2.75) is 72.5 Å². The van der Waals surface area contributed by atoms with Gasteiger partial charge in [0.1, 0.15) is 34.9 Å². The van der Waals surface area contributed by atoms with E-state index in [9.17, 15) is 68.7 Å². The second-order valence-corrected chi connectivity index (χ2v) is 32.8. The van der Waals surface area contributed by atoms with Gasteiger partial charge >= 0.3 is 48.2 Å². The fourth-order valence-electron chi connectivity index (χ4n) is 8.87. The number of rotatable bonds is 39. The minimum atomic E-state index is -5.18. The zero-order valence-corrected chi connectivity index (χ0v) is 59.9. The van der Waals surface area contributed by atoms with Gasteiger partial charge in [-0.05, 0) is 86.5 Å². The molecular formula is C54H70N7O28P3S6. The van der Waals surface area contributed by atoms with Gasteiger partial charge in [-0.15, -0.1) is 0 Å². The lowest BCUT2D eigenvalue weighted by molar-refractivity contribution is -0.0507. The summed E-state index contributed by atoms with van der Waals surface area (Å²) in [6, 6.07) is 8.32. The Morgan fingerprint density at radius 3 is 2.21 bits per heavy atom. The van der Waals surface area contributed by atoms with Gasteiger partial charge in [0.05, 0.1) is 75.7 Å². The lowest BCUT2D eigenvalue weighted by Crippen LogP contribution is -2.30. The molecule has 2 aliphatic heterocycles. The number of nitrogens with one attached hydrogen (secondary N) is 3. The number of nitrogen functional groups attached to an aromatic ring is 2. The highest BCUT2D eigenvalue weighted by molar-refractivity contribution is 8.77. The second kappa shape index (κ2) is 38.3. The van der Waals surface area contributed by atoms with E-state index in [-0.39, 0.29) is 120 Å². The van der Waals surface area contributed by atoms with Gasteiger partial charge in [0.15, 0.2) is 16.4 Å². The van der Waals surface area contributed by atoms with Crippen LogP contribution in [0.3, 0.4) is 0 Å². The Kier molecular flexibility index (Phi) is 31.7. The number of aromatic carboxylic acids is 1. The summed E-state index contributed by atoms with van der Waals surface area (Å²) in [5, 5.41) is 17.6. The molecule has 0 radical (unpaired) electrons. The highest BCUT2D eigenvalue weighted by Gasteiger charge is 2.39. The van der Waals surface area contributed by atoms with Crippen molar-refractivity contribution < 1.29 is 125 Å². The van der Waals surface area contributed by atoms with E-state index in [1.54, 1.807) is 10.8 Å². The van der Waals surface area contributed by atoms with Gasteiger partial charge in [-0.1, -0.05) is 67.7 Å². The summed E-state index contributed by atoms with van der Waals surface area (Å²) >= 11 is 0. The minimum Gasteiger partial charge on any atom is -0.478 e. The Balaban J connectivity index is 0.805. The first-order valence-electron chi connectivity index (χ1n) is 28.6. The molecule has 44 heteroatoms. The molecule has 3 aromatic carbocycles. The van der Waals surface area contributed by atoms with Crippen LogP contribution in [0.5, 0.6) is 11.5 Å². The van der Waals surface area contributed by atoms with E-state index in [0.29, 0.717) is 31.8 Å². The molecule has 12 N–H and O–H groups in total. The van der Waals surface area contributed by atoms with Gasteiger partial charge < -0.3 is 84.7 Å². The van der Waals surface area contributed by atoms with E-state index in [1.165, 1.54) is 68.9 Å². The number of benzene rings is 3. The van der Waals surface area contributed by atoms with Crippen LogP contribution in [0, 0.1) is 11.8 Å². The molecule has 0 saturated carbocycles. The van der Waals surface area contributed by atoms with Gasteiger partial charge in [0.2, 0.25) is 0 Å². The number of carbonyl (C=O) groups is 4. The summed E-state index contributed by atoms with van der Waals surface area (Å²) in [5.74, 6) is 2.30. The van der Waals surface area contributed by atoms with Crippen LogP contribution in [-0.4, -0.2) is 182 Å². The highest BCUT2D eigenvalue weighted by Crippen LogP contribution is 2.52. The summed E-state index contributed by atoms with van der Waals surface area (Å²) in [7, 11) is -17.1. The van der Waals surface area contributed by atoms with E-state index in [0.717, 1.165) is 16.7 Å². The first kappa shape index (κ1) is 81.2. The van der Waals surface area contributed by atoms with Crippen LogP contribution < -0.4 is 48.3 Å². The average molecular weight is 1550 g/mol. The van der Waals surface area contributed by atoms with Gasteiger partial charge in [-0.25, -0.2) is 32.4 Å². The lowest BCUT2D eigenvalue weighted by atomic mass is 9.88. The maximum absolute atomic E-state index is 13.4.